The number of rotatable bonds is 5. The van der Waals surface area contributed by atoms with Crippen molar-refractivity contribution in [3.8, 4) is 23.0 Å². The van der Waals surface area contributed by atoms with Crippen molar-refractivity contribution in [2.75, 3.05) is 21.0 Å². The van der Waals surface area contributed by atoms with Crippen LogP contribution in [0.5, 0.6) is 23.0 Å². The summed E-state index contributed by atoms with van der Waals surface area (Å²) < 4.78 is 20.7. The number of nitrogens with one attached hydrogen (secondary N) is 1. The third kappa shape index (κ3) is 3.44. The largest absolute Gasteiger partial charge is 0.508 e. The van der Waals surface area contributed by atoms with E-state index in [2.05, 4.69) is 4.98 Å². The first-order valence-electron chi connectivity index (χ1n) is 8.90. The summed E-state index contributed by atoms with van der Waals surface area (Å²) in [6.07, 6.45) is -0.137. The topological polar surface area (TPSA) is 107 Å². The Balaban J connectivity index is 1.89. The van der Waals surface area contributed by atoms with E-state index in [9.17, 15) is 14.7 Å². The van der Waals surface area contributed by atoms with Gasteiger partial charge in [0.15, 0.2) is 11.5 Å². The first-order chi connectivity index (χ1) is 14.0. The van der Waals surface area contributed by atoms with Gasteiger partial charge < -0.3 is 29.0 Å². The van der Waals surface area contributed by atoms with Crippen LogP contribution < -0.4 is 19.8 Å². The highest BCUT2D eigenvalue weighted by Crippen LogP contribution is 2.43. The molecule has 0 saturated carbocycles. The van der Waals surface area contributed by atoms with E-state index in [1.165, 1.54) is 13.2 Å². The Morgan fingerprint density at radius 3 is 2.62 bits per heavy atom. The highest BCUT2D eigenvalue weighted by molar-refractivity contribution is 5.81. The van der Waals surface area contributed by atoms with E-state index in [0.29, 0.717) is 33.9 Å². The van der Waals surface area contributed by atoms with E-state index >= 15 is 0 Å². The van der Waals surface area contributed by atoms with Gasteiger partial charge in [0.05, 0.1) is 20.6 Å². The summed E-state index contributed by atoms with van der Waals surface area (Å²) in [4.78, 5) is 27.8. The molecule has 2 heterocycles. The standard InChI is InChI=1S/C21H19NO7/c1-26-12-3-4-16-11(5-12)6-15(21(25)22-16)13(8-20(24)27-2)14-7-18-19(9-17(14)23)29-10-28-18/h3-7,9,13,23H,8,10H2,1-2H3,(H,22,25). The molecule has 0 radical (unpaired) electrons. The van der Waals surface area contributed by atoms with E-state index in [1.807, 2.05) is 0 Å². The summed E-state index contributed by atoms with van der Waals surface area (Å²) in [5.74, 6) is 0.0968. The minimum Gasteiger partial charge on any atom is -0.508 e. The smallest absolute Gasteiger partial charge is 0.306 e. The van der Waals surface area contributed by atoms with Crippen molar-refractivity contribution in [3.05, 3.63) is 57.9 Å². The summed E-state index contributed by atoms with van der Waals surface area (Å²) in [5.41, 5.74) is 0.942. The third-order valence-electron chi connectivity index (χ3n) is 4.95. The van der Waals surface area contributed by atoms with E-state index in [1.54, 1.807) is 37.4 Å². The van der Waals surface area contributed by atoms with E-state index in [4.69, 9.17) is 18.9 Å². The van der Waals surface area contributed by atoms with Gasteiger partial charge in [-0.3, -0.25) is 9.59 Å². The Kier molecular flexibility index (Phi) is 4.75. The molecule has 2 N–H and O–H groups in total. The predicted octanol–water partition coefficient (Wildman–Crippen LogP) is 2.67. The number of aromatic hydroxyl groups is 1. The van der Waals surface area contributed by atoms with Gasteiger partial charge in [-0.15, -0.1) is 0 Å². The number of esters is 1. The number of H-pyrrole nitrogens is 1. The Hall–Kier alpha value is -3.68. The summed E-state index contributed by atoms with van der Waals surface area (Å²) in [5, 5.41) is 11.3. The molecule has 0 bridgehead atoms. The molecule has 29 heavy (non-hydrogen) atoms. The molecule has 3 aromatic rings. The van der Waals surface area contributed by atoms with Crippen LogP contribution in [0.2, 0.25) is 0 Å². The molecule has 1 aliphatic rings. The molecule has 150 valence electrons. The summed E-state index contributed by atoms with van der Waals surface area (Å²) in [7, 11) is 2.83. The highest BCUT2D eigenvalue weighted by Gasteiger charge is 2.28. The van der Waals surface area contributed by atoms with Crippen molar-refractivity contribution >= 4 is 16.9 Å². The number of fused-ring (bicyclic) bond motifs is 2. The maximum Gasteiger partial charge on any atom is 0.306 e. The lowest BCUT2D eigenvalue weighted by atomic mass is 9.87. The minimum absolute atomic E-state index is 0.0379. The predicted molar refractivity (Wildman–Crippen MR) is 104 cm³/mol. The van der Waals surface area contributed by atoms with Crippen LogP contribution in [0.15, 0.2) is 41.2 Å². The number of carbonyl (C=O) groups excluding carboxylic acids is 1. The van der Waals surface area contributed by atoms with Gasteiger partial charge in [-0.25, -0.2) is 0 Å². The molecule has 1 unspecified atom stereocenters. The van der Waals surface area contributed by atoms with Crippen LogP contribution in [0.3, 0.4) is 0 Å². The first kappa shape index (κ1) is 18.7. The number of phenolic OH excluding ortho intramolecular Hbond substituents is 1. The van der Waals surface area contributed by atoms with Gasteiger partial charge in [0.25, 0.3) is 5.56 Å². The number of hydrogen-bond donors (Lipinski definition) is 2. The number of ether oxygens (including phenoxy) is 4. The van der Waals surface area contributed by atoms with Crippen molar-refractivity contribution in [1.82, 2.24) is 4.98 Å². The van der Waals surface area contributed by atoms with Crippen molar-refractivity contribution < 1.29 is 28.8 Å². The van der Waals surface area contributed by atoms with Crippen LogP contribution in [0, 0.1) is 0 Å². The number of benzene rings is 2. The molecular formula is C21H19NO7. The lowest BCUT2D eigenvalue weighted by Gasteiger charge is -2.18. The van der Waals surface area contributed by atoms with Crippen LogP contribution in [0.1, 0.15) is 23.5 Å². The molecule has 1 atom stereocenters. The minimum atomic E-state index is -0.753. The van der Waals surface area contributed by atoms with Gasteiger partial charge in [-0.2, -0.15) is 0 Å². The summed E-state index contributed by atoms with van der Waals surface area (Å²) in [6.45, 7) is 0.0379. The lowest BCUT2D eigenvalue weighted by Crippen LogP contribution is -2.20. The van der Waals surface area contributed by atoms with Gasteiger partial charge >= 0.3 is 5.97 Å². The van der Waals surface area contributed by atoms with Crippen LogP contribution in [-0.4, -0.2) is 37.1 Å². The molecule has 1 aliphatic heterocycles. The molecule has 1 aromatic heterocycles. The van der Waals surface area contributed by atoms with Crippen molar-refractivity contribution in [3.63, 3.8) is 0 Å². The van der Waals surface area contributed by atoms with Gasteiger partial charge in [0.1, 0.15) is 11.5 Å². The molecule has 2 aromatic carbocycles. The maximum absolute atomic E-state index is 12.8. The fourth-order valence-corrected chi connectivity index (χ4v) is 3.45. The first-order valence-corrected chi connectivity index (χ1v) is 8.90. The number of methoxy groups -OCH3 is 2. The lowest BCUT2D eigenvalue weighted by molar-refractivity contribution is -0.140. The average Bonchev–Trinajstić information content (AvgIpc) is 3.17. The molecule has 0 spiro atoms. The van der Waals surface area contributed by atoms with Gasteiger partial charge in [-0.1, -0.05) is 0 Å². The SMILES string of the molecule is COC(=O)CC(c1cc2c(cc1O)OCO2)c1cc2cc(OC)ccc2[nH]c1=O. The Bertz CT molecular complexity index is 1150. The van der Waals surface area contributed by atoms with Gasteiger partial charge in [0, 0.05) is 34.0 Å². The number of pyridine rings is 1. The molecular weight excluding hydrogens is 378 g/mol. The normalized spacial score (nSPS) is 13.3. The van der Waals surface area contributed by atoms with Crippen LogP contribution in [-0.2, 0) is 9.53 Å². The van der Waals surface area contributed by atoms with Crippen LogP contribution in [0.25, 0.3) is 10.9 Å². The number of aromatic nitrogens is 1. The molecule has 0 fully saturated rings. The summed E-state index contributed by atoms with van der Waals surface area (Å²) in [6, 6.07) is 9.96. The van der Waals surface area contributed by atoms with Gasteiger partial charge in [-0.05, 0) is 30.3 Å². The second-order valence-electron chi connectivity index (χ2n) is 6.60. The number of aromatic amines is 1. The fourth-order valence-electron chi connectivity index (χ4n) is 3.45. The molecule has 0 aliphatic carbocycles. The van der Waals surface area contributed by atoms with Crippen molar-refractivity contribution in [2.45, 2.75) is 12.3 Å². The number of carbonyl (C=O) groups is 1. The van der Waals surface area contributed by atoms with E-state index in [-0.39, 0.29) is 24.5 Å². The molecule has 8 nitrogen and oxygen atoms in total. The Morgan fingerprint density at radius 1 is 1.14 bits per heavy atom. The highest BCUT2D eigenvalue weighted by atomic mass is 16.7. The Morgan fingerprint density at radius 2 is 1.90 bits per heavy atom. The fraction of sp³-hybridized carbons (Fsp3) is 0.238. The van der Waals surface area contributed by atoms with Crippen LogP contribution >= 0.6 is 0 Å². The van der Waals surface area contributed by atoms with Crippen LogP contribution in [0.4, 0.5) is 0 Å². The second kappa shape index (κ2) is 7.38. The van der Waals surface area contributed by atoms with Crippen molar-refractivity contribution in [1.29, 1.82) is 0 Å². The van der Waals surface area contributed by atoms with E-state index in [0.717, 1.165) is 5.39 Å². The number of phenols is 1. The monoisotopic (exact) mass is 397 g/mol. The molecule has 0 saturated heterocycles. The van der Waals surface area contributed by atoms with Gasteiger partial charge in [0.2, 0.25) is 6.79 Å². The van der Waals surface area contributed by atoms with Crippen molar-refractivity contribution in [2.24, 2.45) is 0 Å². The maximum atomic E-state index is 12.8. The van der Waals surface area contributed by atoms with E-state index < -0.39 is 11.9 Å². The molecule has 4 rings (SSSR count). The quantitative estimate of drug-likeness (QED) is 0.638. The zero-order valence-electron chi connectivity index (χ0n) is 15.9. The zero-order chi connectivity index (χ0) is 20.5. The average molecular weight is 397 g/mol. The second-order valence-corrected chi connectivity index (χ2v) is 6.60. The number of hydrogen-bond acceptors (Lipinski definition) is 7. The zero-order valence-corrected chi connectivity index (χ0v) is 15.9. The Labute approximate surface area is 165 Å². The molecule has 0 amide bonds. The molecule has 8 heteroatoms. The summed E-state index contributed by atoms with van der Waals surface area (Å²) >= 11 is 0. The third-order valence-corrected chi connectivity index (χ3v) is 4.95.